The van der Waals surface area contributed by atoms with Crippen LogP contribution in [0, 0.1) is 0 Å². The Hall–Kier alpha value is -3.84. The summed E-state index contributed by atoms with van der Waals surface area (Å²) in [7, 11) is 0. The molecule has 1 heteroatoms. The standard InChI is InChI=1S/C34H28O/c1-33(2)27-11-7-8-12-31(27)35-32-20-24(14-16-28(32)33)23-13-15-25-26-17-21-9-5-6-10-22(21)18-30(26)34(3,4)29(25)19-23/h5-20H,1-4H3. The van der Waals surface area contributed by atoms with Gasteiger partial charge in [0.15, 0.2) is 0 Å². The Bertz CT molecular complexity index is 1670. The van der Waals surface area contributed by atoms with Crippen LogP contribution in [0.1, 0.15) is 49.9 Å². The lowest BCUT2D eigenvalue weighted by molar-refractivity contribution is 0.418. The molecule has 0 unspecified atom stereocenters. The first-order chi connectivity index (χ1) is 16.8. The molecule has 7 rings (SSSR count). The fourth-order valence-corrected chi connectivity index (χ4v) is 6.24. The second-order valence-electron chi connectivity index (χ2n) is 11.1. The average Bonchev–Trinajstić information content (AvgIpc) is 3.08. The monoisotopic (exact) mass is 452 g/mol. The first-order valence-electron chi connectivity index (χ1n) is 12.4. The zero-order valence-electron chi connectivity index (χ0n) is 20.6. The predicted octanol–water partition coefficient (Wildman–Crippen LogP) is 9.24. The number of rotatable bonds is 1. The summed E-state index contributed by atoms with van der Waals surface area (Å²) in [5.74, 6) is 1.92. The predicted molar refractivity (Wildman–Crippen MR) is 146 cm³/mol. The van der Waals surface area contributed by atoms with Crippen molar-refractivity contribution in [2.75, 3.05) is 0 Å². The highest BCUT2D eigenvalue weighted by Crippen LogP contribution is 2.52. The maximum absolute atomic E-state index is 6.40. The van der Waals surface area contributed by atoms with Crippen molar-refractivity contribution in [2.24, 2.45) is 0 Å². The Morgan fingerprint density at radius 3 is 1.89 bits per heavy atom. The molecule has 0 amide bonds. The number of fused-ring (bicyclic) bond motifs is 6. The Morgan fingerprint density at radius 2 is 1.06 bits per heavy atom. The third-order valence-electron chi connectivity index (χ3n) is 8.31. The van der Waals surface area contributed by atoms with Crippen LogP contribution < -0.4 is 4.74 Å². The molecule has 2 aliphatic rings. The van der Waals surface area contributed by atoms with Gasteiger partial charge in [-0.2, -0.15) is 0 Å². The van der Waals surface area contributed by atoms with Gasteiger partial charge < -0.3 is 4.74 Å². The minimum atomic E-state index is -0.0910. The van der Waals surface area contributed by atoms with Gasteiger partial charge in [0.2, 0.25) is 0 Å². The molecular weight excluding hydrogens is 424 g/mol. The van der Waals surface area contributed by atoms with Gasteiger partial charge in [0.05, 0.1) is 0 Å². The zero-order chi connectivity index (χ0) is 23.9. The fraction of sp³-hybridized carbons (Fsp3) is 0.176. The lowest BCUT2D eigenvalue weighted by Gasteiger charge is -2.34. The third kappa shape index (κ3) is 2.82. The Labute approximate surface area is 207 Å². The number of para-hydroxylation sites is 1. The molecular formula is C34H28O. The molecule has 5 aromatic rings. The van der Waals surface area contributed by atoms with Gasteiger partial charge in [0.25, 0.3) is 0 Å². The summed E-state index contributed by atoms with van der Waals surface area (Å²) in [6.07, 6.45) is 0. The maximum atomic E-state index is 6.40. The Kier molecular flexibility index (Phi) is 4.02. The summed E-state index contributed by atoms with van der Waals surface area (Å²) < 4.78 is 6.40. The molecule has 0 radical (unpaired) electrons. The fourth-order valence-electron chi connectivity index (χ4n) is 6.24. The number of ether oxygens (including phenoxy) is 1. The van der Waals surface area contributed by atoms with Crippen LogP contribution in [0.5, 0.6) is 11.5 Å². The van der Waals surface area contributed by atoms with Crippen molar-refractivity contribution in [3.8, 4) is 33.8 Å². The van der Waals surface area contributed by atoms with E-state index < -0.39 is 0 Å². The van der Waals surface area contributed by atoms with E-state index in [1.807, 2.05) is 6.07 Å². The first kappa shape index (κ1) is 20.5. The van der Waals surface area contributed by atoms with Gasteiger partial charge >= 0.3 is 0 Å². The van der Waals surface area contributed by atoms with E-state index in [-0.39, 0.29) is 10.8 Å². The molecule has 0 aromatic heterocycles. The summed E-state index contributed by atoms with van der Waals surface area (Å²) in [6.45, 7) is 9.27. The van der Waals surface area contributed by atoms with Crippen LogP contribution in [0.25, 0.3) is 33.0 Å². The summed E-state index contributed by atoms with van der Waals surface area (Å²) in [5, 5.41) is 2.61. The molecule has 1 aliphatic carbocycles. The molecule has 170 valence electrons. The lowest BCUT2D eigenvalue weighted by Crippen LogP contribution is -2.24. The maximum Gasteiger partial charge on any atom is 0.132 e. The van der Waals surface area contributed by atoms with Gasteiger partial charge in [-0.15, -0.1) is 0 Å². The SMILES string of the molecule is CC1(C)c2ccccc2Oc2cc(-c3ccc4c(c3)C(C)(C)c3cc5ccccc5cc3-4)ccc21. The number of hydrogen-bond acceptors (Lipinski definition) is 1. The van der Waals surface area contributed by atoms with E-state index >= 15 is 0 Å². The van der Waals surface area contributed by atoms with Crippen LogP contribution in [0.3, 0.4) is 0 Å². The van der Waals surface area contributed by atoms with Gasteiger partial charge in [-0.1, -0.05) is 94.4 Å². The van der Waals surface area contributed by atoms with E-state index in [1.165, 1.54) is 55.3 Å². The van der Waals surface area contributed by atoms with Crippen molar-refractivity contribution in [3.05, 3.63) is 119 Å². The minimum absolute atomic E-state index is 0.0453. The number of benzene rings is 5. The van der Waals surface area contributed by atoms with Gasteiger partial charge in [0.1, 0.15) is 11.5 Å². The van der Waals surface area contributed by atoms with Crippen LogP contribution in [-0.4, -0.2) is 0 Å². The van der Waals surface area contributed by atoms with Crippen molar-refractivity contribution in [3.63, 3.8) is 0 Å². The molecule has 0 atom stereocenters. The van der Waals surface area contributed by atoms with E-state index in [4.69, 9.17) is 4.74 Å². The second kappa shape index (κ2) is 6.86. The second-order valence-corrected chi connectivity index (χ2v) is 11.1. The van der Waals surface area contributed by atoms with Crippen LogP contribution in [-0.2, 0) is 10.8 Å². The largest absolute Gasteiger partial charge is 0.457 e. The van der Waals surface area contributed by atoms with Crippen LogP contribution in [0.2, 0.25) is 0 Å². The van der Waals surface area contributed by atoms with E-state index in [1.54, 1.807) is 0 Å². The van der Waals surface area contributed by atoms with Crippen molar-refractivity contribution in [1.29, 1.82) is 0 Å². The zero-order valence-corrected chi connectivity index (χ0v) is 20.6. The first-order valence-corrected chi connectivity index (χ1v) is 12.4. The summed E-state index contributed by atoms with van der Waals surface area (Å²) in [5.41, 5.74) is 10.3. The van der Waals surface area contributed by atoms with Crippen LogP contribution >= 0.6 is 0 Å². The third-order valence-corrected chi connectivity index (χ3v) is 8.31. The van der Waals surface area contributed by atoms with Gasteiger partial charge in [0, 0.05) is 22.0 Å². The Morgan fingerprint density at radius 1 is 0.457 bits per heavy atom. The molecule has 1 aliphatic heterocycles. The smallest absolute Gasteiger partial charge is 0.132 e. The van der Waals surface area contributed by atoms with Crippen LogP contribution in [0.15, 0.2) is 97.1 Å². The quantitative estimate of drug-likeness (QED) is 0.246. The molecule has 1 nitrogen and oxygen atoms in total. The van der Waals surface area contributed by atoms with E-state index in [2.05, 4.69) is 119 Å². The topological polar surface area (TPSA) is 9.23 Å². The van der Waals surface area contributed by atoms with Crippen molar-refractivity contribution in [1.82, 2.24) is 0 Å². The molecule has 1 heterocycles. The molecule has 0 saturated heterocycles. The van der Waals surface area contributed by atoms with E-state index in [9.17, 15) is 0 Å². The van der Waals surface area contributed by atoms with Gasteiger partial charge in [-0.05, 0) is 74.5 Å². The summed E-state index contributed by atoms with van der Waals surface area (Å²) in [4.78, 5) is 0. The van der Waals surface area contributed by atoms with Gasteiger partial charge in [-0.3, -0.25) is 0 Å². The molecule has 0 N–H and O–H groups in total. The van der Waals surface area contributed by atoms with E-state index in [0.29, 0.717) is 0 Å². The highest BCUT2D eigenvalue weighted by Gasteiger charge is 2.37. The Balaban J connectivity index is 1.35. The molecule has 35 heavy (non-hydrogen) atoms. The molecule has 5 aromatic carbocycles. The number of hydrogen-bond donors (Lipinski definition) is 0. The highest BCUT2D eigenvalue weighted by atomic mass is 16.5. The van der Waals surface area contributed by atoms with Crippen molar-refractivity contribution < 1.29 is 4.74 Å². The highest BCUT2D eigenvalue weighted by molar-refractivity contribution is 5.94. The summed E-state index contributed by atoms with van der Waals surface area (Å²) in [6, 6.07) is 35.5. The minimum Gasteiger partial charge on any atom is -0.457 e. The van der Waals surface area contributed by atoms with Gasteiger partial charge in [-0.25, -0.2) is 0 Å². The van der Waals surface area contributed by atoms with Crippen molar-refractivity contribution in [2.45, 2.75) is 38.5 Å². The van der Waals surface area contributed by atoms with E-state index in [0.717, 1.165) is 11.5 Å². The molecule has 0 fully saturated rings. The van der Waals surface area contributed by atoms with Crippen molar-refractivity contribution >= 4 is 10.8 Å². The molecule has 0 bridgehead atoms. The lowest BCUT2D eigenvalue weighted by atomic mass is 9.75. The average molecular weight is 453 g/mol. The summed E-state index contributed by atoms with van der Waals surface area (Å²) >= 11 is 0. The molecule has 0 spiro atoms. The van der Waals surface area contributed by atoms with Crippen LogP contribution in [0.4, 0.5) is 0 Å². The normalized spacial score (nSPS) is 16.1. The molecule has 0 saturated carbocycles.